The Morgan fingerprint density at radius 2 is 2.00 bits per heavy atom. The number of para-hydroxylation sites is 1. The smallest absolute Gasteiger partial charge is 0.252 e. The fraction of sp³-hybridized carbons (Fsp3) is 0.176. The van der Waals surface area contributed by atoms with Gasteiger partial charge >= 0.3 is 0 Å². The molecular formula is C17H15ClN2O2S. The Balaban J connectivity index is 1.90. The Kier molecular flexibility index (Phi) is 4.50. The number of rotatable bonds is 3. The number of fused-ring (bicyclic) bond motifs is 1. The van der Waals surface area contributed by atoms with Gasteiger partial charge < -0.3 is 9.30 Å². The molecule has 0 unspecified atom stereocenters. The first-order valence-corrected chi connectivity index (χ1v) is 8.22. The van der Waals surface area contributed by atoms with Crippen molar-refractivity contribution in [3.63, 3.8) is 0 Å². The molecule has 3 aromatic rings. The standard InChI is InChI=1S/C17H15ClN2O2S/c1-20-16-13(18)4-3-5-14(16)23-17(20)19-15(21)10-11-6-8-12(22-2)9-7-11/h3-9H,10H2,1-2H3. The zero-order chi connectivity index (χ0) is 16.4. The average molecular weight is 347 g/mol. The Morgan fingerprint density at radius 1 is 1.26 bits per heavy atom. The van der Waals surface area contributed by atoms with Crippen LogP contribution >= 0.6 is 22.9 Å². The molecule has 1 aromatic heterocycles. The number of benzene rings is 2. The number of carbonyl (C=O) groups excluding carboxylic acids is 1. The molecule has 23 heavy (non-hydrogen) atoms. The normalized spacial score (nSPS) is 11.9. The molecule has 0 fully saturated rings. The predicted octanol–water partition coefficient (Wildman–Crippen LogP) is 3.57. The highest BCUT2D eigenvalue weighted by Crippen LogP contribution is 2.24. The van der Waals surface area contributed by atoms with Gasteiger partial charge in [0.25, 0.3) is 5.91 Å². The fourth-order valence-electron chi connectivity index (χ4n) is 2.33. The predicted molar refractivity (Wildman–Crippen MR) is 93.1 cm³/mol. The van der Waals surface area contributed by atoms with Crippen molar-refractivity contribution in [3.8, 4) is 5.75 Å². The Hall–Kier alpha value is -2.11. The van der Waals surface area contributed by atoms with Crippen LogP contribution in [0.25, 0.3) is 10.2 Å². The number of ether oxygens (including phenoxy) is 1. The lowest BCUT2D eigenvalue weighted by Gasteiger charge is -2.01. The molecule has 1 heterocycles. The largest absolute Gasteiger partial charge is 0.497 e. The van der Waals surface area contributed by atoms with Crippen molar-refractivity contribution in [1.82, 2.24) is 4.57 Å². The third kappa shape index (κ3) is 3.30. The fourth-order valence-corrected chi connectivity index (χ4v) is 3.75. The maximum Gasteiger partial charge on any atom is 0.252 e. The number of aromatic nitrogens is 1. The monoisotopic (exact) mass is 346 g/mol. The van der Waals surface area contributed by atoms with Crippen LogP contribution in [0.1, 0.15) is 5.56 Å². The van der Waals surface area contributed by atoms with Crippen molar-refractivity contribution in [2.75, 3.05) is 7.11 Å². The van der Waals surface area contributed by atoms with Crippen molar-refractivity contribution < 1.29 is 9.53 Å². The van der Waals surface area contributed by atoms with Crippen LogP contribution in [0, 0.1) is 0 Å². The molecule has 0 saturated heterocycles. The molecule has 2 aromatic carbocycles. The first-order valence-electron chi connectivity index (χ1n) is 7.03. The minimum atomic E-state index is -0.187. The molecule has 0 N–H and O–H groups in total. The van der Waals surface area contributed by atoms with Gasteiger partial charge in [0.15, 0.2) is 4.80 Å². The van der Waals surface area contributed by atoms with Gasteiger partial charge in [-0.1, -0.05) is 41.1 Å². The highest BCUT2D eigenvalue weighted by atomic mass is 35.5. The van der Waals surface area contributed by atoms with Gasteiger partial charge in [-0.2, -0.15) is 4.99 Å². The third-order valence-electron chi connectivity index (χ3n) is 3.51. The van der Waals surface area contributed by atoms with Crippen molar-refractivity contribution in [3.05, 3.63) is 57.9 Å². The number of methoxy groups -OCH3 is 1. The molecule has 6 heteroatoms. The van der Waals surface area contributed by atoms with E-state index >= 15 is 0 Å². The van der Waals surface area contributed by atoms with Crippen LogP contribution in [0.2, 0.25) is 5.02 Å². The second kappa shape index (κ2) is 6.56. The lowest BCUT2D eigenvalue weighted by atomic mass is 10.1. The SMILES string of the molecule is COc1ccc(CC(=O)N=c2sc3cccc(Cl)c3n2C)cc1. The summed E-state index contributed by atoms with van der Waals surface area (Å²) in [6.07, 6.45) is 0.256. The lowest BCUT2D eigenvalue weighted by Crippen LogP contribution is -2.14. The molecule has 0 bridgehead atoms. The number of thiazole rings is 1. The van der Waals surface area contributed by atoms with E-state index in [2.05, 4.69) is 4.99 Å². The van der Waals surface area contributed by atoms with Crippen LogP contribution in [0.5, 0.6) is 5.75 Å². The van der Waals surface area contributed by atoms with Crippen LogP contribution in [-0.4, -0.2) is 17.6 Å². The van der Waals surface area contributed by atoms with Crippen molar-refractivity contribution in [1.29, 1.82) is 0 Å². The summed E-state index contributed by atoms with van der Waals surface area (Å²) in [6, 6.07) is 13.1. The molecule has 0 atom stereocenters. The number of aryl methyl sites for hydroxylation is 1. The second-order valence-corrected chi connectivity index (χ2v) is 6.48. The third-order valence-corrected chi connectivity index (χ3v) is 4.91. The Labute approximate surface area is 142 Å². The summed E-state index contributed by atoms with van der Waals surface area (Å²) in [5.74, 6) is 0.581. The quantitative estimate of drug-likeness (QED) is 0.727. The summed E-state index contributed by atoms with van der Waals surface area (Å²) in [5.41, 5.74) is 1.80. The maximum atomic E-state index is 12.2. The van der Waals surface area contributed by atoms with Gasteiger partial charge in [0.1, 0.15) is 5.75 Å². The Morgan fingerprint density at radius 3 is 2.65 bits per heavy atom. The summed E-state index contributed by atoms with van der Waals surface area (Å²) in [7, 11) is 3.48. The van der Waals surface area contributed by atoms with Gasteiger partial charge in [-0.05, 0) is 29.8 Å². The summed E-state index contributed by atoms with van der Waals surface area (Å²) in [6.45, 7) is 0. The number of hydrogen-bond acceptors (Lipinski definition) is 3. The van der Waals surface area contributed by atoms with Gasteiger partial charge in [0.05, 0.1) is 28.8 Å². The number of halogens is 1. The van der Waals surface area contributed by atoms with Crippen LogP contribution in [0.15, 0.2) is 47.5 Å². The van der Waals surface area contributed by atoms with Crippen LogP contribution in [0.4, 0.5) is 0 Å². The number of hydrogen-bond donors (Lipinski definition) is 0. The summed E-state index contributed by atoms with van der Waals surface area (Å²) in [5, 5.41) is 0.658. The molecule has 0 aliphatic carbocycles. The van der Waals surface area contributed by atoms with Gasteiger partial charge in [-0.15, -0.1) is 0 Å². The van der Waals surface area contributed by atoms with E-state index in [-0.39, 0.29) is 12.3 Å². The van der Waals surface area contributed by atoms with Crippen LogP contribution < -0.4 is 9.54 Å². The van der Waals surface area contributed by atoms with Crippen LogP contribution in [-0.2, 0) is 18.3 Å². The second-order valence-electron chi connectivity index (χ2n) is 5.06. The van der Waals surface area contributed by atoms with Crippen LogP contribution in [0.3, 0.4) is 0 Å². The van der Waals surface area contributed by atoms with E-state index in [0.29, 0.717) is 9.82 Å². The van der Waals surface area contributed by atoms with Crippen molar-refractivity contribution in [2.24, 2.45) is 12.0 Å². The number of nitrogens with zero attached hydrogens (tertiary/aromatic N) is 2. The molecule has 4 nitrogen and oxygen atoms in total. The molecular weight excluding hydrogens is 332 g/mol. The zero-order valence-corrected chi connectivity index (χ0v) is 14.3. The maximum absolute atomic E-state index is 12.2. The summed E-state index contributed by atoms with van der Waals surface area (Å²) >= 11 is 7.67. The van der Waals surface area contributed by atoms with E-state index in [1.165, 1.54) is 11.3 Å². The van der Waals surface area contributed by atoms with Crippen molar-refractivity contribution >= 4 is 39.1 Å². The van der Waals surface area contributed by atoms with Gasteiger partial charge in [-0.25, -0.2) is 0 Å². The van der Waals surface area contributed by atoms with E-state index in [1.54, 1.807) is 7.11 Å². The molecule has 0 aliphatic heterocycles. The minimum Gasteiger partial charge on any atom is -0.497 e. The molecule has 118 valence electrons. The lowest BCUT2D eigenvalue weighted by molar-refractivity contribution is -0.117. The number of carbonyl (C=O) groups is 1. The van der Waals surface area contributed by atoms with E-state index in [1.807, 2.05) is 54.1 Å². The molecule has 1 amide bonds. The average Bonchev–Trinajstić information content (AvgIpc) is 2.85. The van der Waals surface area contributed by atoms with E-state index in [9.17, 15) is 4.79 Å². The summed E-state index contributed by atoms with van der Waals surface area (Å²) in [4.78, 5) is 17.1. The first-order chi connectivity index (χ1) is 11.1. The molecule has 3 rings (SSSR count). The highest BCUT2D eigenvalue weighted by Gasteiger charge is 2.08. The Bertz CT molecular complexity index is 926. The summed E-state index contributed by atoms with van der Waals surface area (Å²) < 4.78 is 7.97. The van der Waals surface area contributed by atoms with E-state index in [0.717, 1.165) is 21.5 Å². The van der Waals surface area contributed by atoms with Gasteiger partial charge in [0.2, 0.25) is 0 Å². The number of amides is 1. The van der Waals surface area contributed by atoms with Gasteiger partial charge in [-0.3, -0.25) is 4.79 Å². The molecule has 0 radical (unpaired) electrons. The zero-order valence-electron chi connectivity index (χ0n) is 12.7. The molecule has 0 aliphatic rings. The van der Waals surface area contributed by atoms with E-state index < -0.39 is 0 Å². The topological polar surface area (TPSA) is 43.6 Å². The highest BCUT2D eigenvalue weighted by molar-refractivity contribution is 7.16. The molecule has 0 spiro atoms. The first kappa shape index (κ1) is 15.8. The van der Waals surface area contributed by atoms with E-state index in [4.69, 9.17) is 16.3 Å². The molecule has 0 saturated carbocycles. The minimum absolute atomic E-state index is 0.187. The van der Waals surface area contributed by atoms with Gasteiger partial charge in [0, 0.05) is 7.05 Å². The van der Waals surface area contributed by atoms with Crippen molar-refractivity contribution in [2.45, 2.75) is 6.42 Å².